The molecule has 0 saturated heterocycles. The maximum atomic E-state index is 13.8. The molecule has 110 valence electrons. The highest BCUT2D eigenvalue weighted by atomic mass is 19.1. The van der Waals surface area contributed by atoms with Gasteiger partial charge in [-0.25, -0.2) is 4.39 Å². The van der Waals surface area contributed by atoms with Crippen LogP contribution in [-0.4, -0.2) is 11.0 Å². The van der Waals surface area contributed by atoms with E-state index in [0.717, 1.165) is 17.2 Å². The molecule has 21 heavy (non-hydrogen) atoms. The van der Waals surface area contributed by atoms with Gasteiger partial charge in [0.05, 0.1) is 6.61 Å². The Labute approximate surface area is 122 Å². The lowest BCUT2D eigenvalue weighted by molar-refractivity contribution is 0.1000. The Kier molecular flexibility index (Phi) is 5.03. The summed E-state index contributed by atoms with van der Waals surface area (Å²) >= 11 is 0. The van der Waals surface area contributed by atoms with Gasteiger partial charge >= 0.3 is 0 Å². The molecule has 0 aliphatic rings. The lowest BCUT2D eigenvalue weighted by atomic mass is 10.1. The predicted octanol–water partition coefficient (Wildman–Crippen LogP) is 1.71. The molecule has 0 fully saturated rings. The summed E-state index contributed by atoms with van der Waals surface area (Å²) in [5.74, 6) is -1.10. The zero-order valence-electron chi connectivity index (χ0n) is 11.5. The smallest absolute Gasteiger partial charge is 0.248 e. The number of hydrogen-bond acceptors (Lipinski definition) is 3. The number of halogens is 1. The van der Waals surface area contributed by atoms with Crippen molar-refractivity contribution in [3.05, 3.63) is 70.5 Å². The summed E-state index contributed by atoms with van der Waals surface area (Å²) in [7, 11) is 0. The Morgan fingerprint density at radius 2 is 1.90 bits per heavy atom. The van der Waals surface area contributed by atoms with Gasteiger partial charge in [-0.1, -0.05) is 30.3 Å². The minimum atomic E-state index is -0.644. The van der Waals surface area contributed by atoms with Crippen molar-refractivity contribution < 1.29 is 14.3 Å². The number of rotatable bonds is 6. The number of carbonyl (C=O) groups is 1. The van der Waals surface area contributed by atoms with Gasteiger partial charge in [0, 0.05) is 24.2 Å². The van der Waals surface area contributed by atoms with E-state index in [1.165, 1.54) is 6.07 Å². The second-order valence-corrected chi connectivity index (χ2v) is 4.75. The molecule has 0 aliphatic heterocycles. The standard InChI is InChI=1S/C16H17FN2O2/c17-15-7-13(16(18)21)4-5-14(15)9-19-8-11-2-1-3-12(6-11)10-20/h1-7,19-20H,8-10H2,(H2,18,21). The summed E-state index contributed by atoms with van der Waals surface area (Å²) in [4.78, 5) is 10.9. The third-order valence-corrected chi connectivity index (χ3v) is 3.16. The maximum Gasteiger partial charge on any atom is 0.248 e. The second-order valence-electron chi connectivity index (χ2n) is 4.75. The van der Waals surface area contributed by atoms with E-state index in [9.17, 15) is 9.18 Å². The Balaban J connectivity index is 1.95. The quantitative estimate of drug-likeness (QED) is 0.757. The third-order valence-electron chi connectivity index (χ3n) is 3.16. The molecular weight excluding hydrogens is 271 g/mol. The van der Waals surface area contributed by atoms with E-state index in [4.69, 9.17) is 10.8 Å². The highest BCUT2D eigenvalue weighted by Gasteiger charge is 2.06. The van der Waals surface area contributed by atoms with Gasteiger partial charge < -0.3 is 16.2 Å². The number of benzene rings is 2. The fraction of sp³-hybridized carbons (Fsp3) is 0.188. The van der Waals surface area contributed by atoms with Crippen LogP contribution in [0.5, 0.6) is 0 Å². The van der Waals surface area contributed by atoms with Gasteiger partial charge in [0.15, 0.2) is 0 Å². The Morgan fingerprint density at radius 3 is 2.57 bits per heavy atom. The van der Waals surface area contributed by atoms with Crippen molar-refractivity contribution in [1.82, 2.24) is 5.32 Å². The molecule has 4 nitrogen and oxygen atoms in total. The zero-order chi connectivity index (χ0) is 15.2. The summed E-state index contributed by atoms with van der Waals surface area (Å²) < 4.78 is 13.8. The number of aliphatic hydroxyl groups is 1. The molecular formula is C16H17FN2O2. The van der Waals surface area contributed by atoms with Gasteiger partial charge in [0.25, 0.3) is 0 Å². The van der Waals surface area contributed by atoms with Gasteiger partial charge in [-0.05, 0) is 23.3 Å². The average Bonchev–Trinajstić information content (AvgIpc) is 2.49. The molecule has 0 aromatic heterocycles. The minimum Gasteiger partial charge on any atom is -0.392 e. The Morgan fingerprint density at radius 1 is 1.14 bits per heavy atom. The van der Waals surface area contributed by atoms with Crippen LogP contribution in [0.3, 0.4) is 0 Å². The number of nitrogens with one attached hydrogen (secondary N) is 1. The molecule has 5 heteroatoms. The first-order valence-corrected chi connectivity index (χ1v) is 6.58. The zero-order valence-corrected chi connectivity index (χ0v) is 11.5. The van der Waals surface area contributed by atoms with Crippen molar-refractivity contribution in [2.24, 2.45) is 5.73 Å². The first-order valence-electron chi connectivity index (χ1n) is 6.58. The molecule has 0 heterocycles. The van der Waals surface area contributed by atoms with Crippen LogP contribution >= 0.6 is 0 Å². The van der Waals surface area contributed by atoms with Crippen molar-refractivity contribution in [2.45, 2.75) is 19.7 Å². The lowest BCUT2D eigenvalue weighted by Gasteiger charge is -2.08. The van der Waals surface area contributed by atoms with E-state index >= 15 is 0 Å². The summed E-state index contributed by atoms with van der Waals surface area (Å²) in [6, 6.07) is 11.7. The average molecular weight is 288 g/mol. The van der Waals surface area contributed by atoms with Crippen molar-refractivity contribution in [3.8, 4) is 0 Å². The van der Waals surface area contributed by atoms with Crippen LogP contribution in [0.2, 0.25) is 0 Å². The summed E-state index contributed by atoms with van der Waals surface area (Å²) in [6.07, 6.45) is 0. The summed E-state index contributed by atoms with van der Waals surface area (Å²) in [5.41, 5.74) is 7.57. The number of carbonyl (C=O) groups excluding carboxylic acids is 1. The van der Waals surface area contributed by atoms with Crippen molar-refractivity contribution in [1.29, 1.82) is 0 Å². The molecule has 1 amide bonds. The highest BCUT2D eigenvalue weighted by Crippen LogP contribution is 2.11. The SMILES string of the molecule is NC(=O)c1ccc(CNCc2cccc(CO)c2)c(F)c1. The lowest BCUT2D eigenvalue weighted by Crippen LogP contribution is -2.15. The number of hydrogen-bond donors (Lipinski definition) is 3. The van der Waals surface area contributed by atoms with Crippen LogP contribution in [0.1, 0.15) is 27.0 Å². The monoisotopic (exact) mass is 288 g/mol. The van der Waals surface area contributed by atoms with E-state index in [-0.39, 0.29) is 12.2 Å². The second kappa shape index (κ2) is 6.97. The normalized spacial score (nSPS) is 10.6. The number of primary amides is 1. The molecule has 4 N–H and O–H groups in total. The van der Waals surface area contributed by atoms with Crippen LogP contribution < -0.4 is 11.1 Å². The maximum absolute atomic E-state index is 13.8. The van der Waals surface area contributed by atoms with Crippen LogP contribution in [0, 0.1) is 5.82 Å². The van der Waals surface area contributed by atoms with E-state index in [2.05, 4.69) is 5.32 Å². The molecule has 0 unspecified atom stereocenters. The Hall–Kier alpha value is -2.24. The topological polar surface area (TPSA) is 75.4 Å². The van der Waals surface area contributed by atoms with Crippen molar-refractivity contribution >= 4 is 5.91 Å². The first kappa shape index (κ1) is 15.2. The van der Waals surface area contributed by atoms with Crippen LogP contribution in [-0.2, 0) is 19.7 Å². The predicted molar refractivity (Wildman–Crippen MR) is 77.8 cm³/mol. The molecule has 2 aromatic rings. The minimum absolute atomic E-state index is 0.00293. The van der Waals surface area contributed by atoms with Gasteiger partial charge in [0.2, 0.25) is 5.91 Å². The third kappa shape index (κ3) is 4.11. The summed E-state index contributed by atoms with van der Waals surface area (Å²) in [5, 5.41) is 12.2. The largest absolute Gasteiger partial charge is 0.392 e. The molecule has 2 rings (SSSR count). The Bertz CT molecular complexity index is 644. The van der Waals surface area contributed by atoms with E-state index < -0.39 is 11.7 Å². The van der Waals surface area contributed by atoms with E-state index in [0.29, 0.717) is 18.7 Å². The van der Waals surface area contributed by atoms with Crippen LogP contribution in [0.4, 0.5) is 4.39 Å². The summed E-state index contributed by atoms with van der Waals surface area (Å²) in [6.45, 7) is 0.899. The number of aliphatic hydroxyl groups excluding tert-OH is 1. The highest BCUT2D eigenvalue weighted by molar-refractivity contribution is 5.92. The first-order chi connectivity index (χ1) is 10.1. The molecule has 0 radical (unpaired) electrons. The fourth-order valence-corrected chi connectivity index (χ4v) is 2.02. The van der Waals surface area contributed by atoms with Gasteiger partial charge in [0.1, 0.15) is 5.82 Å². The van der Waals surface area contributed by atoms with Crippen molar-refractivity contribution in [3.63, 3.8) is 0 Å². The van der Waals surface area contributed by atoms with Gasteiger partial charge in [-0.3, -0.25) is 4.79 Å². The molecule has 0 aliphatic carbocycles. The van der Waals surface area contributed by atoms with Crippen LogP contribution in [0.15, 0.2) is 42.5 Å². The van der Waals surface area contributed by atoms with E-state index in [1.54, 1.807) is 6.07 Å². The molecule has 2 aromatic carbocycles. The molecule has 0 bridgehead atoms. The van der Waals surface area contributed by atoms with E-state index in [1.807, 2.05) is 24.3 Å². The van der Waals surface area contributed by atoms with Crippen molar-refractivity contribution in [2.75, 3.05) is 0 Å². The van der Waals surface area contributed by atoms with Crippen LogP contribution in [0.25, 0.3) is 0 Å². The fourth-order valence-electron chi connectivity index (χ4n) is 2.02. The van der Waals surface area contributed by atoms with Gasteiger partial charge in [-0.15, -0.1) is 0 Å². The number of amides is 1. The molecule has 0 saturated carbocycles. The molecule has 0 atom stereocenters. The van der Waals surface area contributed by atoms with Gasteiger partial charge in [-0.2, -0.15) is 0 Å². The number of nitrogens with two attached hydrogens (primary N) is 1. The molecule has 0 spiro atoms.